The first-order valence-corrected chi connectivity index (χ1v) is 8.85. The third-order valence-electron chi connectivity index (χ3n) is 4.79. The van der Waals surface area contributed by atoms with Gasteiger partial charge in [0.05, 0.1) is 6.54 Å². The zero-order valence-corrected chi connectivity index (χ0v) is 14.2. The third kappa shape index (κ3) is 6.35. The van der Waals surface area contributed by atoms with E-state index in [0.29, 0.717) is 18.5 Å². The van der Waals surface area contributed by atoms with Gasteiger partial charge in [-0.15, -0.1) is 0 Å². The number of hydrogen-bond donors (Lipinski definition) is 2. The molecule has 0 heterocycles. The van der Waals surface area contributed by atoms with Crippen LogP contribution in [0.2, 0.25) is 0 Å². The second kappa shape index (κ2) is 10.2. The van der Waals surface area contributed by atoms with Gasteiger partial charge in [-0.2, -0.15) is 0 Å². The number of nitrogens with one attached hydrogen (secondary N) is 1. The van der Waals surface area contributed by atoms with Gasteiger partial charge in [-0.1, -0.05) is 39.5 Å². The molecular formula is C17H35N3O. The normalized spacial score (nSPS) is 23.5. The molecule has 0 bridgehead atoms. The Morgan fingerprint density at radius 3 is 2.71 bits per heavy atom. The molecule has 4 heteroatoms. The molecule has 1 rings (SSSR count). The quantitative estimate of drug-likeness (QED) is 0.609. The van der Waals surface area contributed by atoms with Crippen molar-refractivity contribution in [2.75, 3.05) is 19.6 Å². The SMILES string of the molecule is CCCCCC(C)NC(=O)CN(CC)C1CCCC1CN. The average molecular weight is 297 g/mol. The smallest absolute Gasteiger partial charge is 0.234 e. The lowest BCUT2D eigenvalue weighted by atomic mass is 10.0. The van der Waals surface area contributed by atoms with Gasteiger partial charge in [0, 0.05) is 12.1 Å². The van der Waals surface area contributed by atoms with Gasteiger partial charge in [0.15, 0.2) is 0 Å². The van der Waals surface area contributed by atoms with Crippen LogP contribution in [0.15, 0.2) is 0 Å². The average Bonchev–Trinajstić information content (AvgIpc) is 2.93. The van der Waals surface area contributed by atoms with Crippen molar-refractivity contribution in [2.45, 2.75) is 77.8 Å². The van der Waals surface area contributed by atoms with Gasteiger partial charge in [0.2, 0.25) is 5.91 Å². The molecule has 1 fully saturated rings. The minimum atomic E-state index is 0.170. The van der Waals surface area contributed by atoms with Crippen LogP contribution in [0.4, 0.5) is 0 Å². The van der Waals surface area contributed by atoms with E-state index in [-0.39, 0.29) is 11.9 Å². The van der Waals surface area contributed by atoms with Gasteiger partial charge in [0.1, 0.15) is 0 Å². The van der Waals surface area contributed by atoms with E-state index >= 15 is 0 Å². The Balaban J connectivity index is 2.36. The summed E-state index contributed by atoms with van der Waals surface area (Å²) in [5.74, 6) is 0.739. The first kappa shape index (κ1) is 18.4. The van der Waals surface area contributed by atoms with Crippen molar-refractivity contribution in [2.24, 2.45) is 11.7 Å². The Morgan fingerprint density at radius 1 is 1.33 bits per heavy atom. The molecule has 4 nitrogen and oxygen atoms in total. The number of nitrogens with two attached hydrogens (primary N) is 1. The summed E-state index contributed by atoms with van der Waals surface area (Å²) >= 11 is 0. The lowest BCUT2D eigenvalue weighted by Crippen LogP contribution is -2.47. The summed E-state index contributed by atoms with van der Waals surface area (Å²) in [5.41, 5.74) is 5.87. The maximum Gasteiger partial charge on any atom is 0.234 e. The summed E-state index contributed by atoms with van der Waals surface area (Å²) in [6, 6.07) is 0.790. The fourth-order valence-corrected chi connectivity index (χ4v) is 3.51. The first-order chi connectivity index (χ1) is 10.1. The molecule has 0 aliphatic heterocycles. The molecular weight excluding hydrogens is 262 g/mol. The van der Waals surface area contributed by atoms with Crippen LogP contribution in [0.5, 0.6) is 0 Å². The van der Waals surface area contributed by atoms with Crippen LogP contribution in [-0.2, 0) is 4.79 Å². The summed E-state index contributed by atoms with van der Waals surface area (Å²) < 4.78 is 0. The lowest BCUT2D eigenvalue weighted by molar-refractivity contribution is -0.123. The maximum atomic E-state index is 12.2. The highest BCUT2D eigenvalue weighted by atomic mass is 16.2. The molecule has 21 heavy (non-hydrogen) atoms. The van der Waals surface area contributed by atoms with Crippen molar-refractivity contribution in [1.82, 2.24) is 10.2 Å². The van der Waals surface area contributed by atoms with Crippen LogP contribution >= 0.6 is 0 Å². The van der Waals surface area contributed by atoms with Gasteiger partial charge in [-0.25, -0.2) is 0 Å². The molecule has 0 aromatic carbocycles. The lowest BCUT2D eigenvalue weighted by Gasteiger charge is -2.31. The highest BCUT2D eigenvalue weighted by Gasteiger charge is 2.31. The van der Waals surface area contributed by atoms with Crippen LogP contribution in [0.1, 0.15) is 65.7 Å². The van der Waals surface area contributed by atoms with Crippen LogP contribution in [0, 0.1) is 5.92 Å². The standard InChI is InChI=1S/C17H35N3O/c1-4-6-7-9-14(3)19-17(21)13-20(5-2)16-11-8-10-15(16)12-18/h14-16H,4-13,18H2,1-3H3,(H,19,21). The molecule has 124 valence electrons. The van der Waals surface area contributed by atoms with Crippen LogP contribution in [0.3, 0.4) is 0 Å². The molecule has 1 amide bonds. The minimum absolute atomic E-state index is 0.170. The molecule has 0 spiro atoms. The summed E-state index contributed by atoms with van der Waals surface area (Å²) in [6.07, 6.45) is 8.42. The molecule has 1 saturated carbocycles. The molecule has 1 aliphatic rings. The van der Waals surface area contributed by atoms with Crippen molar-refractivity contribution in [3.8, 4) is 0 Å². The number of hydrogen-bond acceptors (Lipinski definition) is 3. The highest BCUT2D eigenvalue weighted by Crippen LogP contribution is 2.28. The molecule has 0 radical (unpaired) electrons. The summed E-state index contributed by atoms with van der Waals surface area (Å²) in [4.78, 5) is 14.5. The Kier molecular flexibility index (Phi) is 8.93. The number of likely N-dealkylation sites (N-methyl/N-ethyl adjacent to an activating group) is 1. The van der Waals surface area contributed by atoms with Gasteiger partial charge >= 0.3 is 0 Å². The number of carbonyl (C=O) groups excluding carboxylic acids is 1. The molecule has 1 aliphatic carbocycles. The topological polar surface area (TPSA) is 58.4 Å². The van der Waals surface area contributed by atoms with Crippen molar-refractivity contribution in [3.63, 3.8) is 0 Å². The van der Waals surface area contributed by atoms with Crippen molar-refractivity contribution < 1.29 is 4.79 Å². The predicted molar refractivity (Wildman–Crippen MR) is 89.2 cm³/mol. The number of nitrogens with zero attached hydrogens (tertiary/aromatic N) is 1. The Morgan fingerprint density at radius 2 is 2.10 bits per heavy atom. The fraction of sp³-hybridized carbons (Fsp3) is 0.941. The van der Waals surface area contributed by atoms with Gasteiger partial charge < -0.3 is 11.1 Å². The predicted octanol–water partition coefficient (Wildman–Crippen LogP) is 2.52. The Labute approximate surface area is 130 Å². The molecule has 3 unspecified atom stereocenters. The second-order valence-corrected chi connectivity index (χ2v) is 6.52. The van der Waals surface area contributed by atoms with Crippen LogP contribution in [-0.4, -0.2) is 42.5 Å². The fourth-order valence-electron chi connectivity index (χ4n) is 3.51. The minimum Gasteiger partial charge on any atom is -0.353 e. The molecule has 0 aromatic heterocycles. The van der Waals surface area contributed by atoms with E-state index in [4.69, 9.17) is 5.73 Å². The van der Waals surface area contributed by atoms with E-state index in [1.165, 1.54) is 38.5 Å². The zero-order valence-electron chi connectivity index (χ0n) is 14.2. The Bertz CT molecular complexity index is 296. The molecule has 0 aromatic rings. The van der Waals surface area contributed by atoms with Gasteiger partial charge in [-0.3, -0.25) is 9.69 Å². The molecule has 3 N–H and O–H groups in total. The number of carbonyl (C=O) groups is 1. The van der Waals surface area contributed by atoms with Crippen LogP contribution < -0.4 is 11.1 Å². The summed E-state index contributed by atoms with van der Waals surface area (Å²) in [7, 11) is 0. The summed E-state index contributed by atoms with van der Waals surface area (Å²) in [5, 5.41) is 3.15. The van der Waals surface area contributed by atoms with Crippen molar-refractivity contribution in [3.05, 3.63) is 0 Å². The van der Waals surface area contributed by atoms with Crippen LogP contribution in [0.25, 0.3) is 0 Å². The van der Waals surface area contributed by atoms with Gasteiger partial charge in [-0.05, 0) is 45.2 Å². The maximum absolute atomic E-state index is 12.2. The van der Waals surface area contributed by atoms with Crippen molar-refractivity contribution >= 4 is 5.91 Å². The van der Waals surface area contributed by atoms with E-state index in [1.54, 1.807) is 0 Å². The van der Waals surface area contributed by atoms with E-state index in [0.717, 1.165) is 19.5 Å². The summed E-state index contributed by atoms with van der Waals surface area (Å²) in [6.45, 7) is 8.66. The molecule has 0 saturated heterocycles. The number of rotatable bonds is 10. The van der Waals surface area contributed by atoms with E-state index in [2.05, 4.69) is 31.0 Å². The first-order valence-electron chi connectivity index (χ1n) is 8.85. The number of amides is 1. The third-order valence-corrected chi connectivity index (χ3v) is 4.79. The van der Waals surface area contributed by atoms with E-state index in [1.807, 2.05) is 0 Å². The van der Waals surface area contributed by atoms with Crippen molar-refractivity contribution in [1.29, 1.82) is 0 Å². The van der Waals surface area contributed by atoms with E-state index < -0.39 is 0 Å². The largest absolute Gasteiger partial charge is 0.353 e. The van der Waals surface area contributed by atoms with Gasteiger partial charge in [0.25, 0.3) is 0 Å². The van der Waals surface area contributed by atoms with E-state index in [9.17, 15) is 4.79 Å². The second-order valence-electron chi connectivity index (χ2n) is 6.52. The molecule has 3 atom stereocenters. The monoisotopic (exact) mass is 297 g/mol. The Hall–Kier alpha value is -0.610. The zero-order chi connectivity index (χ0) is 15.7. The number of unbranched alkanes of at least 4 members (excludes halogenated alkanes) is 2. The highest BCUT2D eigenvalue weighted by molar-refractivity contribution is 5.78.